The molecule has 1 amide bonds. The summed E-state index contributed by atoms with van der Waals surface area (Å²) in [5, 5.41) is 6.30. The number of anilines is 4. The number of hydrogen-bond donors (Lipinski definition) is 3. The highest BCUT2D eigenvalue weighted by Crippen LogP contribution is 2.29. The van der Waals surface area contributed by atoms with Gasteiger partial charge in [0.2, 0.25) is 5.91 Å². The van der Waals surface area contributed by atoms with Gasteiger partial charge in [0.05, 0.1) is 29.6 Å². The summed E-state index contributed by atoms with van der Waals surface area (Å²) in [6.07, 6.45) is 10.3. The lowest BCUT2D eigenvalue weighted by Gasteiger charge is -2.19. The number of methoxy groups -OCH3 is 1. The molecule has 3 N–H and O–H groups in total. The molecule has 0 bridgehead atoms. The molecule has 0 aliphatic heterocycles. The van der Waals surface area contributed by atoms with E-state index >= 15 is 0 Å². The summed E-state index contributed by atoms with van der Waals surface area (Å²) in [5.41, 5.74) is 5.17. The summed E-state index contributed by atoms with van der Waals surface area (Å²) in [6.45, 7) is 3.12. The first-order valence-corrected chi connectivity index (χ1v) is 15.9. The predicted octanol–water partition coefficient (Wildman–Crippen LogP) is 6.62. The van der Waals surface area contributed by atoms with Crippen molar-refractivity contribution in [2.24, 2.45) is 0 Å². The third-order valence-corrected chi connectivity index (χ3v) is 8.14. The Kier molecular flexibility index (Phi) is 10.4. The number of carbonyl (C=O) groups excluding carboxylic acids is 1. The van der Waals surface area contributed by atoms with Gasteiger partial charge in [-0.25, -0.2) is 14.2 Å². The van der Waals surface area contributed by atoms with Gasteiger partial charge in [-0.2, -0.15) is 0 Å². The molecular weight excluding hydrogens is 572 g/mol. The number of nitrogens with zero attached hydrogens (tertiary/aromatic N) is 3. The molecule has 10 heteroatoms. The van der Waals surface area contributed by atoms with E-state index < -0.39 is 11.0 Å². The molecule has 0 spiro atoms. The molecule has 0 radical (unpaired) electrons. The number of fused-ring (bicyclic) bond motifs is 1. The quantitative estimate of drug-likeness (QED) is 0.156. The highest BCUT2D eigenvalue weighted by Gasteiger charge is 2.16. The van der Waals surface area contributed by atoms with Crippen LogP contribution < -0.4 is 20.1 Å². The van der Waals surface area contributed by atoms with Crippen LogP contribution in [0.3, 0.4) is 0 Å². The van der Waals surface area contributed by atoms with Crippen molar-refractivity contribution < 1.29 is 13.7 Å². The number of rotatable bonds is 13. The molecule has 5 rings (SSSR count). The molecule has 1 aliphatic carbocycles. The van der Waals surface area contributed by atoms with Gasteiger partial charge >= 0.3 is 0 Å². The first-order valence-electron chi connectivity index (χ1n) is 14.7. The van der Waals surface area contributed by atoms with Gasteiger partial charge in [-0.3, -0.25) is 14.4 Å². The van der Waals surface area contributed by atoms with Crippen molar-refractivity contribution in [1.82, 2.24) is 14.9 Å². The van der Waals surface area contributed by atoms with Crippen molar-refractivity contribution in [3.8, 4) is 5.75 Å². The molecule has 9 nitrogen and oxygen atoms in total. The lowest BCUT2D eigenvalue weighted by Crippen LogP contribution is -2.31. The van der Waals surface area contributed by atoms with Gasteiger partial charge in [-0.1, -0.05) is 55.3 Å². The largest absolute Gasteiger partial charge is 0.497 e. The van der Waals surface area contributed by atoms with Crippen molar-refractivity contribution in [2.45, 2.75) is 37.5 Å². The number of allylic oxidation sites excluding steroid dienone is 3. The number of ether oxygens (including phenoxy) is 1. The fourth-order valence-electron chi connectivity index (χ4n) is 5.05. The monoisotopic (exact) mass is 610 g/mol. The van der Waals surface area contributed by atoms with E-state index in [0.717, 1.165) is 49.2 Å². The number of aryl methyl sites for hydroxylation is 1. The molecule has 1 aromatic heterocycles. The summed E-state index contributed by atoms with van der Waals surface area (Å²) < 4.78 is 22.1. The smallest absolute Gasteiger partial charge is 0.238 e. The fraction of sp³-hybridized carbons (Fsp3) is 0.265. The Morgan fingerprint density at radius 2 is 1.80 bits per heavy atom. The van der Waals surface area contributed by atoms with Crippen molar-refractivity contribution in [2.75, 3.05) is 42.6 Å². The van der Waals surface area contributed by atoms with Crippen molar-refractivity contribution in [3.63, 3.8) is 0 Å². The van der Waals surface area contributed by atoms with E-state index in [1.165, 1.54) is 5.57 Å². The molecule has 1 atom stereocenters. The molecule has 1 heterocycles. The zero-order chi connectivity index (χ0) is 30.9. The summed E-state index contributed by atoms with van der Waals surface area (Å²) in [4.78, 5) is 24.8. The van der Waals surface area contributed by atoms with E-state index in [1.54, 1.807) is 31.4 Å². The summed E-state index contributed by atoms with van der Waals surface area (Å²) >= 11 is 0. The van der Waals surface area contributed by atoms with Crippen LogP contribution >= 0.6 is 0 Å². The van der Waals surface area contributed by atoms with Gasteiger partial charge < -0.3 is 15.4 Å². The Morgan fingerprint density at radius 1 is 1.00 bits per heavy atom. The first-order chi connectivity index (χ1) is 21.4. The number of para-hydroxylation sites is 2. The van der Waals surface area contributed by atoms with Crippen LogP contribution in [-0.4, -0.2) is 52.2 Å². The Labute approximate surface area is 261 Å². The van der Waals surface area contributed by atoms with Crippen LogP contribution in [0.4, 0.5) is 23.0 Å². The Morgan fingerprint density at radius 3 is 2.52 bits per heavy atom. The first kappa shape index (κ1) is 30.9. The minimum absolute atomic E-state index is 0.136. The molecule has 4 aromatic rings. The molecular formula is C34H38N6O3S. The number of hydrogen-bond acceptors (Lipinski definition) is 7. The second kappa shape index (κ2) is 14.8. The Balaban J connectivity index is 1.32. The maximum Gasteiger partial charge on any atom is 0.238 e. The molecule has 1 unspecified atom stereocenters. The number of amides is 1. The summed E-state index contributed by atoms with van der Waals surface area (Å²) in [6, 6.07) is 20.5. The highest BCUT2D eigenvalue weighted by atomic mass is 32.2. The molecule has 0 fully saturated rings. The second-order valence-electron chi connectivity index (χ2n) is 10.8. The number of nitrogens with one attached hydrogen (secondary N) is 3. The lowest BCUT2D eigenvalue weighted by atomic mass is 10.1. The SMILES string of the molecule is CCCc1cc(Nc2nc3ccccc3nc2NS(=O)c2cccc(NC(=O)CN(C)CC3=CC=CCC3)c2)cc(OC)c1. The maximum atomic E-state index is 13.6. The lowest BCUT2D eigenvalue weighted by molar-refractivity contribution is -0.116. The van der Waals surface area contributed by atoms with Crippen LogP contribution in [0.15, 0.2) is 95.4 Å². The van der Waals surface area contributed by atoms with Gasteiger partial charge in [0.25, 0.3) is 0 Å². The average Bonchev–Trinajstić information content (AvgIpc) is 3.01. The van der Waals surface area contributed by atoms with E-state index in [2.05, 4.69) is 46.6 Å². The van der Waals surface area contributed by atoms with E-state index in [0.29, 0.717) is 33.3 Å². The van der Waals surface area contributed by atoms with E-state index in [9.17, 15) is 9.00 Å². The van der Waals surface area contributed by atoms with Crippen LogP contribution in [0.2, 0.25) is 0 Å². The molecule has 1 aliphatic rings. The molecule has 0 saturated heterocycles. The van der Waals surface area contributed by atoms with E-state index in [1.807, 2.05) is 48.3 Å². The molecule has 0 saturated carbocycles. The third kappa shape index (κ3) is 8.30. The standard InChI is InChI=1S/C34H38N6O3S/c1-4-11-25-18-27(20-28(19-25)43-3)36-33-34(38-31-17-9-8-16-30(31)37-33)39-44(42)29-15-10-14-26(21-29)35-32(41)23-40(2)22-24-12-6-5-7-13-24/h5-6,8-10,12,14-21H,4,7,11,13,22-23H2,1-3H3,(H,35,41)(H,36,37)(H,38,39). The molecule has 44 heavy (non-hydrogen) atoms. The number of benzene rings is 3. The van der Waals surface area contributed by atoms with Gasteiger partial charge in [-0.15, -0.1) is 0 Å². The van der Waals surface area contributed by atoms with Gasteiger partial charge in [0, 0.05) is 24.0 Å². The van der Waals surface area contributed by atoms with Crippen molar-refractivity contribution in [1.29, 1.82) is 0 Å². The molecule has 228 valence electrons. The normalized spacial score (nSPS) is 13.4. The number of likely N-dealkylation sites (N-methyl/N-ethyl adjacent to an activating group) is 1. The zero-order valence-electron chi connectivity index (χ0n) is 25.3. The van der Waals surface area contributed by atoms with Crippen molar-refractivity contribution in [3.05, 3.63) is 96.1 Å². The zero-order valence-corrected chi connectivity index (χ0v) is 26.1. The van der Waals surface area contributed by atoms with Crippen LogP contribution in [0, 0.1) is 0 Å². The average molecular weight is 611 g/mol. The Bertz CT molecular complexity index is 1720. The minimum atomic E-state index is -1.69. The topological polar surface area (TPSA) is 108 Å². The maximum absolute atomic E-state index is 13.6. The van der Waals surface area contributed by atoms with Gasteiger partial charge in [-0.05, 0) is 74.3 Å². The number of aromatic nitrogens is 2. The third-order valence-electron chi connectivity index (χ3n) is 7.08. The second-order valence-corrected chi connectivity index (χ2v) is 12.0. The highest BCUT2D eigenvalue weighted by molar-refractivity contribution is 7.86. The fourth-order valence-corrected chi connectivity index (χ4v) is 5.92. The number of carbonyl (C=O) groups is 1. The van der Waals surface area contributed by atoms with Crippen molar-refractivity contribution >= 4 is 50.9 Å². The Hall–Kier alpha value is -4.54. The van der Waals surface area contributed by atoms with Crippen LogP contribution in [-0.2, 0) is 22.2 Å². The summed E-state index contributed by atoms with van der Waals surface area (Å²) in [5.74, 6) is 1.37. The van der Waals surface area contributed by atoms with Crippen LogP contribution in [0.1, 0.15) is 31.7 Å². The van der Waals surface area contributed by atoms with Gasteiger partial charge in [0.15, 0.2) is 22.6 Å². The predicted molar refractivity (Wildman–Crippen MR) is 179 cm³/mol. The van der Waals surface area contributed by atoms with Gasteiger partial charge in [0.1, 0.15) is 5.75 Å². The molecule has 3 aromatic carbocycles. The minimum Gasteiger partial charge on any atom is -0.497 e. The van der Waals surface area contributed by atoms with E-state index in [-0.39, 0.29) is 12.5 Å². The van der Waals surface area contributed by atoms with Crippen LogP contribution in [0.5, 0.6) is 5.75 Å². The summed E-state index contributed by atoms with van der Waals surface area (Å²) in [7, 11) is 1.88. The van der Waals surface area contributed by atoms with E-state index in [4.69, 9.17) is 14.7 Å². The van der Waals surface area contributed by atoms with Crippen LogP contribution in [0.25, 0.3) is 11.0 Å².